The van der Waals surface area contributed by atoms with Crippen molar-refractivity contribution in [3.05, 3.63) is 70.1 Å². The quantitative estimate of drug-likeness (QED) is 0.495. The molecule has 2 N–H and O–H groups in total. The lowest BCUT2D eigenvalue weighted by Gasteiger charge is -2.15. The van der Waals surface area contributed by atoms with Crippen molar-refractivity contribution >= 4 is 51.8 Å². The number of hydrogen-bond acceptors (Lipinski definition) is 5. The van der Waals surface area contributed by atoms with Crippen molar-refractivity contribution in [2.75, 3.05) is 19.0 Å². The van der Waals surface area contributed by atoms with E-state index in [-0.39, 0.29) is 11.4 Å². The number of benzene rings is 3. The molecule has 0 saturated carbocycles. The standard InChI is InChI=1S/C23H21ClN2O3S/c1-3-29-19-10-8-14(16-6-4-5-7-17(16)19)12-21-22(27)26-23(30-21)25-18-13-15(24)9-11-20(18)28-2/h4-13,23,25H,3H2,1-2H3,(H,26,27)/b21-12-. The average Bonchev–Trinajstić information content (AvgIpc) is 3.09. The first-order valence-corrected chi connectivity index (χ1v) is 10.8. The maximum absolute atomic E-state index is 12.6. The minimum atomic E-state index is -0.329. The molecule has 0 aliphatic carbocycles. The molecule has 0 spiro atoms. The molecule has 3 aromatic rings. The van der Waals surface area contributed by atoms with E-state index < -0.39 is 0 Å². The number of carbonyl (C=O) groups excluding carboxylic acids is 1. The molecule has 30 heavy (non-hydrogen) atoms. The Morgan fingerprint density at radius 1 is 1.13 bits per heavy atom. The first-order valence-electron chi connectivity index (χ1n) is 9.53. The topological polar surface area (TPSA) is 59.6 Å². The number of ether oxygens (including phenoxy) is 2. The molecular weight excluding hydrogens is 420 g/mol. The third kappa shape index (κ3) is 4.20. The Morgan fingerprint density at radius 3 is 2.67 bits per heavy atom. The molecule has 4 rings (SSSR count). The number of carbonyl (C=O) groups is 1. The Kier molecular flexibility index (Phi) is 6.06. The smallest absolute Gasteiger partial charge is 0.260 e. The molecule has 7 heteroatoms. The van der Waals surface area contributed by atoms with Gasteiger partial charge in [-0.05, 0) is 48.2 Å². The second-order valence-electron chi connectivity index (χ2n) is 6.60. The van der Waals surface area contributed by atoms with Gasteiger partial charge in [0.1, 0.15) is 11.5 Å². The number of hydrogen-bond donors (Lipinski definition) is 2. The van der Waals surface area contributed by atoms with E-state index in [4.69, 9.17) is 21.1 Å². The lowest BCUT2D eigenvalue weighted by atomic mass is 10.0. The van der Waals surface area contributed by atoms with Gasteiger partial charge in [-0.15, -0.1) is 0 Å². The van der Waals surface area contributed by atoms with E-state index in [1.807, 2.05) is 49.4 Å². The molecular formula is C23H21ClN2O3S. The van der Waals surface area contributed by atoms with E-state index >= 15 is 0 Å². The summed E-state index contributed by atoms with van der Waals surface area (Å²) in [4.78, 5) is 13.2. The lowest BCUT2D eigenvalue weighted by molar-refractivity contribution is -0.116. The minimum Gasteiger partial charge on any atom is -0.495 e. The highest BCUT2D eigenvalue weighted by molar-refractivity contribution is 8.05. The van der Waals surface area contributed by atoms with Crippen molar-refractivity contribution < 1.29 is 14.3 Å². The van der Waals surface area contributed by atoms with Gasteiger partial charge >= 0.3 is 0 Å². The van der Waals surface area contributed by atoms with Crippen molar-refractivity contribution in [3.63, 3.8) is 0 Å². The highest BCUT2D eigenvalue weighted by Crippen LogP contribution is 2.36. The highest BCUT2D eigenvalue weighted by atomic mass is 35.5. The first-order chi connectivity index (χ1) is 14.6. The summed E-state index contributed by atoms with van der Waals surface area (Å²) in [6, 6.07) is 17.3. The average molecular weight is 441 g/mol. The maximum Gasteiger partial charge on any atom is 0.260 e. The van der Waals surface area contributed by atoms with Crippen LogP contribution in [0.15, 0.2) is 59.5 Å². The second kappa shape index (κ2) is 8.90. The van der Waals surface area contributed by atoms with Crippen LogP contribution in [-0.4, -0.2) is 25.1 Å². The van der Waals surface area contributed by atoms with Crippen LogP contribution >= 0.6 is 23.4 Å². The van der Waals surface area contributed by atoms with Gasteiger partial charge < -0.3 is 20.1 Å². The van der Waals surface area contributed by atoms with Crippen LogP contribution in [0.3, 0.4) is 0 Å². The number of thioether (sulfide) groups is 1. The summed E-state index contributed by atoms with van der Waals surface area (Å²) < 4.78 is 11.1. The number of amides is 1. The molecule has 0 bridgehead atoms. The fourth-order valence-electron chi connectivity index (χ4n) is 3.34. The minimum absolute atomic E-state index is 0.128. The number of rotatable bonds is 6. The molecule has 1 aliphatic rings. The van der Waals surface area contributed by atoms with Gasteiger partial charge in [0.15, 0.2) is 5.50 Å². The zero-order valence-electron chi connectivity index (χ0n) is 16.6. The van der Waals surface area contributed by atoms with Crippen molar-refractivity contribution in [2.24, 2.45) is 0 Å². The van der Waals surface area contributed by atoms with Crippen molar-refractivity contribution in [1.29, 1.82) is 0 Å². The van der Waals surface area contributed by atoms with E-state index in [9.17, 15) is 4.79 Å². The van der Waals surface area contributed by atoms with Crippen molar-refractivity contribution in [2.45, 2.75) is 12.4 Å². The number of halogens is 1. The molecule has 1 aliphatic heterocycles. The summed E-state index contributed by atoms with van der Waals surface area (Å²) in [5.41, 5.74) is 1.35. The van der Waals surface area contributed by atoms with Gasteiger partial charge in [0, 0.05) is 10.4 Å². The van der Waals surface area contributed by atoms with Gasteiger partial charge in [-0.25, -0.2) is 0 Å². The van der Waals surface area contributed by atoms with Gasteiger partial charge in [-0.3, -0.25) is 4.79 Å². The molecule has 3 aromatic carbocycles. The third-order valence-corrected chi connectivity index (χ3v) is 5.95. The van der Waals surface area contributed by atoms with Crippen LogP contribution in [0.2, 0.25) is 5.02 Å². The van der Waals surface area contributed by atoms with Crippen LogP contribution < -0.4 is 20.1 Å². The van der Waals surface area contributed by atoms with E-state index in [2.05, 4.69) is 10.6 Å². The summed E-state index contributed by atoms with van der Waals surface area (Å²) in [6.45, 7) is 2.56. The molecule has 0 radical (unpaired) electrons. The molecule has 1 amide bonds. The number of anilines is 1. The molecule has 154 valence electrons. The Bertz CT molecular complexity index is 1130. The first kappa shape index (κ1) is 20.4. The predicted octanol–water partition coefficient (Wildman–Crippen LogP) is 5.50. The Balaban J connectivity index is 1.61. The van der Waals surface area contributed by atoms with E-state index in [0.29, 0.717) is 22.3 Å². The lowest BCUT2D eigenvalue weighted by Crippen LogP contribution is -2.31. The Hall–Kier alpha value is -2.83. The molecule has 1 heterocycles. The highest BCUT2D eigenvalue weighted by Gasteiger charge is 2.28. The van der Waals surface area contributed by atoms with Crippen LogP contribution in [0.5, 0.6) is 11.5 Å². The molecule has 1 saturated heterocycles. The van der Waals surface area contributed by atoms with E-state index in [0.717, 1.165) is 27.8 Å². The van der Waals surface area contributed by atoms with Gasteiger partial charge in [0.05, 0.1) is 24.3 Å². The van der Waals surface area contributed by atoms with Gasteiger partial charge in [0.2, 0.25) is 0 Å². The van der Waals surface area contributed by atoms with Gasteiger partial charge in [0.25, 0.3) is 5.91 Å². The second-order valence-corrected chi connectivity index (χ2v) is 8.18. The zero-order chi connectivity index (χ0) is 21.1. The summed E-state index contributed by atoms with van der Waals surface area (Å²) in [6.07, 6.45) is 1.91. The number of nitrogens with one attached hydrogen (secondary N) is 2. The summed E-state index contributed by atoms with van der Waals surface area (Å²) in [7, 11) is 1.59. The molecule has 1 atom stereocenters. The summed E-state index contributed by atoms with van der Waals surface area (Å²) in [5, 5.41) is 8.87. The molecule has 1 unspecified atom stereocenters. The normalized spacial score (nSPS) is 17.2. The fraction of sp³-hybridized carbons (Fsp3) is 0.174. The number of fused-ring (bicyclic) bond motifs is 1. The summed E-state index contributed by atoms with van der Waals surface area (Å²) >= 11 is 7.52. The van der Waals surface area contributed by atoms with Crippen LogP contribution in [0, 0.1) is 0 Å². The van der Waals surface area contributed by atoms with Crippen molar-refractivity contribution in [3.8, 4) is 11.5 Å². The maximum atomic E-state index is 12.6. The summed E-state index contributed by atoms with van der Waals surface area (Å²) in [5.74, 6) is 1.37. The van der Waals surface area contributed by atoms with E-state index in [1.165, 1.54) is 11.8 Å². The largest absolute Gasteiger partial charge is 0.495 e. The fourth-order valence-corrected chi connectivity index (χ4v) is 4.48. The van der Waals surface area contributed by atoms with Crippen molar-refractivity contribution in [1.82, 2.24) is 5.32 Å². The zero-order valence-corrected chi connectivity index (χ0v) is 18.1. The third-order valence-electron chi connectivity index (χ3n) is 4.68. The SMILES string of the molecule is CCOc1ccc(/C=C2\SC(Nc3cc(Cl)ccc3OC)NC2=O)c2ccccc12. The Labute approximate surface area is 184 Å². The van der Waals surface area contributed by atoms with Gasteiger partial charge in [-0.1, -0.05) is 53.7 Å². The van der Waals surface area contributed by atoms with E-state index in [1.54, 1.807) is 25.3 Å². The van der Waals surface area contributed by atoms with Crippen LogP contribution in [-0.2, 0) is 4.79 Å². The monoisotopic (exact) mass is 440 g/mol. The predicted molar refractivity (Wildman–Crippen MR) is 124 cm³/mol. The Morgan fingerprint density at radius 2 is 1.90 bits per heavy atom. The number of methoxy groups -OCH3 is 1. The van der Waals surface area contributed by atoms with Gasteiger partial charge in [-0.2, -0.15) is 0 Å². The molecule has 5 nitrogen and oxygen atoms in total. The molecule has 1 fully saturated rings. The van der Waals surface area contributed by atoms with Crippen LogP contribution in [0.1, 0.15) is 12.5 Å². The van der Waals surface area contributed by atoms with Crippen LogP contribution in [0.25, 0.3) is 16.8 Å². The van der Waals surface area contributed by atoms with Crippen LogP contribution in [0.4, 0.5) is 5.69 Å². The molecule has 0 aromatic heterocycles.